The zero-order valence-electron chi connectivity index (χ0n) is 8.10. The van der Waals surface area contributed by atoms with Gasteiger partial charge in [0.05, 0.1) is 6.61 Å². The topological polar surface area (TPSA) is 68.1 Å². The van der Waals surface area contributed by atoms with E-state index in [1.165, 1.54) is 0 Å². The van der Waals surface area contributed by atoms with Gasteiger partial charge in [0.2, 0.25) is 0 Å². The number of hydrogen-bond acceptors (Lipinski definition) is 3. The van der Waals surface area contributed by atoms with E-state index < -0.39 is 0 Å². The average Bonchev–Trinajstić information content (AvgIpc) is 2.09. The van der Waals surface area contributed by atoms with Crippen LogP contribution in [0.3, 0.4) is 0 Å². The summed E-state index contributed by atoms with van der Waals surface area (Å²) in [5.41, 5.74) is 3.05. The van der Waals surface area contributed by atoms with E-state index in [0.717, 1.165) is 17.0 Å². The highest BCUT2D eigenvalue weighted by Crippen LogP contribution is 2.05. The average molecular weight is 182 g/mol. The van der Waals surface area contributed by atoms with Crippen molar-refractivity contribution in [2.45, 2.75) is 27.4 Å². The van der Waals surface area contributed by atoms with E-state index in [0.29, 0.717) is 5.56 Å². The number of aryl methyl sites for hydroxylation is 2. The van der Waals surface area contributed by atoms with Gasteiger partial charge in [0.15, 0.2) is 5.43 Å². The molecule has 1 rings (SSSR count). The quantitative estimate of drug-likeness (QED) is 0.661. The Morgan fingerprint density at radius 3 is 2.46 bits per heavy atom. The van der Waals surface area contributed by atoms with Crippen LogP contribution in [-0.2, 0) is 11.4 Å². The van der Waals surface area contributed by atoms with Crippen molar-refractivity contribution in [3.8, 4) is 0 Å². The predicted molar refractivity (Wildman–Crippen MR) is 50.3 cm³/mol. The third-order valence-electron chi connectivity index (χ3n) is 2.23. The normalized spacial score (nSPS) is 10.5. The van der Waals surface area contributed by atoms with Gasteiger partial charge in [-0.15, -0.1) is 0 Å². The van der Waals surface area contributed by atoms with Crippen molar-refractivity contribution in [3.63, 3.8) is 0 Å². The molecule has 0 saturated heterocycles. The van der Waals surface area contributed by atoms with Crippen LogP contribution in [0.15, 0.2) is 4.79 Å². The number of hydrogen-bond donors (Lipinski definition) is 2. The third kappa shape index (κ3) is 1.79. The van der Waals surface area contributed by atoms with Gasteiger partial charge < -0.3 is 4.98 Å². The first-order chi connectivity index (χ1) is 6.07. The second-order valence-corrected chi connectivity index (χ2v) is 3.12. The summed E-state index contributed by atoms with van der Waals surface area (Å²) < 4.78 is 0. The standard InChI is InChI=1S/C9H14N2O2/c1-5-6(2)11-7(3)8(4-13-10)9(5)12/h4,10H2,1-3H3,(H,11,12). The molecule has 0 aliphatic carbocycles. The maximum absolute atomic E-state index is 11.6. The molecule has 1 aromatic heterocycles. The van der Waals surface area contributed by atoms with Crippen LogP contribution in [0.4, 0.5) is 0 Å². The molecule has 1 aromatic rings. The summed E-state index contributed by atoms with van der Waals surface area (Å²) in [6, 6.07) is 0. The highest BCUT2D eigenvalue weighted by molar-refractivity contribution is 5.28. The van der Waals surface area contributed by atoms with Crippen molar-refractivity contribution in [1.29, 1.82) is 0 Å². The molecular formula is C9H14N2O2. The molecule has 3 N–H and O–H groups in total. The lowest BCUT2D eigenvalue weighted by atomic mass is 10.1. The van der Waals surface area contributed by atoms with Crippen molar-refractivity contribution in [1.82, 2.24) is 4.98 Å². The van der Waals surface area contributed by atoms with Gasteiger partial charge in [0.1, 0.15) is 0 Å². The Morgan fingerprint density at radius 1 is 1.31 bits per heavy atom. The molecule has 0 spiro atoms. The Morgan fingerprint density at radius 2 is 1.92 bits per heavy atom. The SMILES string of the molecule is Cc1[nH]c(C)c(CON)c(=O)c1C. The van der Waals surface area contributed by atoms with Crippen molar-refractivity contribution in [2.24, 2.45) is 5.90 Å². The summed E-state index contributed by atoms with van der Waals surface area (Å²) in [6.07, 6.45) is 0. The minimum absolute atomic E-state index is 0.0131. The summed E-state index contributed by atoms with van der Waals surface area (Å²) in [4.78, 5) is 19.2. The highest BCUT2D eigenvalue weighted by atomic mass is 16.6. The van der Waals surface area contributed by atoms with E-state index in [9.17, 15) is 4.79 Å². The van der Waals surface area contributed by atoms with Gasteiger partial charge in [-0.1, -0.05) is 0 Å². The fourth-order valence-electron chi connectivity index (χ4n) is 1.27. The third-order valence-corrected chi connectivity index (χ3v) is 2.23. The maximum atomic E-state index is 11.6. The second kappa shape index (κ2) is 3.72. The molecule has 4 nitrogen and oxygen atoms in total. The minimum Gasteiger partial charge on any atom is -0.362 e. The minimum atomic E-state index is 0.0131. The van der Waals surface area contributed by atoms with Crippen LogP contribution in [0.1, 0.15) is 22.5 Å². The van der Waals surface area contributed by atoms with E-state index >= 15 is 0 Å². The van der Waals surface area contributed by atoms with E-state index in [4.69, 9.17) is 5.90 Å². The number of H-pyrrole nitrogens is 1. The molecular weight excluding hydrogens is 168 g/mol. The first-order valence-electron chi connectivity index (χ1n) is 4.08. The smallest absolute Gasteiger partial charge is 0.190 e. The van der Waals surface area contributed by atoms with Gasteiger partial charge in [-0.25, -0.2) is 5.90 Å². The molecule has 1 heterocycles. The van der Waals surface area contributed by atoms with Crippen molar-refractivity contribution >= 4 is 0 Å². The molecule has 0 aliphatic rings. The Hall–Kier alpha value is -1.13. The summed E-state index contributed by atoms with van der Waals surface area (Å²) in [5.74, 6) is 4.93. The fraction of sp³-hybridized carbons (Fsp3) is 0.444. The van der Waals surface area contributed by atoms with Gasteiger partial charge in [-0.2, -0.15) is 0 Å². The van der Waals surface area contributed by atoms with E-state index in [1.54, 1.807) is 6.92 Å². The van der Waals surface area contributed by atoms with Crippen LogP contribution >= 0.6 is 0 Å². The van der Waals surface area contributed by atoms with Gasteiger partial charge in [0, 0.05) is 22.5 Å². The molecule has 0 unspecified atom stereocenters. The molecule has 13 heavy (non-hydrogen) atoms. The lowest BCUT2D eigenvalue weighted by Gasteiger charge is -2.07. The summed E-state index contributed by atoms with van der Waals surface area (Å²) >= 11 is 0. The Bertz CT molecular complexity index is 369. The number of nitrogens with two attached hydrogens (primary N) is 1. The number of pyridine rings is 1. The molecule has 0 aromatic carbocycles. The Balaban J connectivity index is 3.35. The largest absolute Gasteiger partial charge is 0.362 e. The maximum Gasteiger partial charge on any atom is 0.190 e. The first-order valence-corrected chi connectivity index (χ1v) is 4.08. The van der Waals surface area contributed by atoms with E-state index in [1.807, 2.05) is 13.8 Å². The zero-order chi connectivity index (χ0) is 10.0. The number of aromatic amines is 1. The molecule has 4 heteroatoms. The summed E-state index contributed by atoms with van der Waals surface area (Å²) in [5, 5.41) is 0. The van der Waals surface area contributed by atoms with Crippen LogP contribution in [0.5, 0.6) is 0 Å². The summed E-state index contributed by atoms with van der Waals surface area (Å²) in [6.45, 7) is 5.65. The van der Waals surface area contributed by atoms with Gasteiger partial charge in [0.25, 0.3) is 0 Å². The van der Waals surface area contributed by atoms with Crippen molar-refractivity contribution < 1.29 is 4.84 Å². The van der Waals surface area contributed by atoms with Gasteiger partial charge >= 0.3 is 0 Å². The van der Waals surface area contributed by atoms with Gasteiger partial charge in [-0.3, -0.25) is 9.63 Å². The number of aromatic nitrogens is 1. The van der Waals surface area contributed by atoms with Crippen LogP contribution in [-0.4, -0.2) is 4.98 Å². The van der Waals surface area contributed by atoms with E-state index in [2.05, 4.69) is 9.82 Å². The first kappa shape index (κ1) is 9.95. The highest BCUT2D eigenvalue weighted by Gasteiger charge is 2.08. The van der Waals surface area contributed by atoms with Crippen molar-refractivity contribution in [2.75, 3.05) is 0 Å². The van der Waals surface area contributed by atoms with E-state index in [-0.39, 0.29) is 12.0 Å². The molecule has 0 bridgehead atoms. The Kier molecular flexibility index (Phi) is 2.85. The molecule has 0 radical (unpaired) electrons. The molecule has 0 aliphatic heterocycles. The molecule has 0 atom stereocenters. The van der Waals surface area contributed by atoms with Crippen LogP contribution in [0.25, 0.3) is 0 Å². The number of nitrogens with one attached hydrogen (secondary N) is 1. The molecule has 72 valence electrons. The van der Waals surface area contributed by atoms with Crippen molar-refractivity contribution in [3.05, 3.63) is 32.7 Å². The predicted octanol–water partition coefficient (Wildman–Crippen LogP) is 0.690. The zero-order valence-corrected chi connectivity index (χ0v) is 8.10. The molecule has 0 fully saturated rings. The monoisotopic (exact) mass is 182 g/mol. The van der Waals surface area contributed by atoms with Gasteiger partial charge in [-0.05, 0) is 20.8 Å². The van der Waals surface area contributed by atoms with Crippen LogP contribution in [0, 0.1) is 20.8 Å². The Labute approximate surface area is 76.7 Å². The lowest BCUT2D eigenvalue weighted by molar-refractivity contribution is 0.122. The van der Waals surface area contributed by atoms with Crippen LogP contribution in [0.2, 0.25) is 0 Å². The van der Waals surface area contributed by atoms with Crippen LogP contribution < -0.4 is 11.3 Å². The lowest BCUT2D eigenvalue weighted by Crippen LogP contribution is -2.19. The second-order valence-electron chi connectivity index (χ2n) is 3.12. The molecule has 0 amide bonds. The molecule has 0 saturated carbocycles. The fourth-order valence-corrected chi connectivity index (χ4v) is 1.27. The summed E-state index contributed by atoms with van der Waals surface area (Å²) in [7, 11) is 0. The number of rotatable bonds is 2.